The molecule has 0 aliphatic heterocycles. The summed E-state index contributed by atoms with van der Waals surface area (Å²) >= 11 is 0. The van der Waals surface area contributed by atoms with Crippen LogP contribution >= 0.6 is 0 Å². The summed E-state index contributed by atoms with van der Waals surface area (Å²) in [5, 5.41) is 2.59. The van der Waals surface area contributed by atoms with Crippen molar-refractivity contribution in [1.82, 2.24) is 4.98 Å². The zero-order chi connectivity index (χ0) is 14.1. The number of pyridine rings is 1. The fraction of sp³-hybridized carbons (Fsp3) is 0.211. The first-order valence-electron chi connectivity index (χ1n) is 7.13. The van der Waals surface area contributed by atoms with E-state index in [0.29, 0.717) is 5.92 Å². The Labute approximate surface area is 120 Å². The lowest BCUT2D eigenvalue weighted by molar-refractivity contribution is 0.835. The summed E-state index contributed by atoms with van der Waals surface area (Å²) < 4.78 is 0. The fourth-order valence-electron chi connectivity index (χ4n) is 2.74. The number of benzene rings is 2. The summed E-state index contributed by atoms with van der Waals surface area (Å²) in [4.78, 5) is 4.97. The summed E-state index contributed by atoms with van der Waals surface area (Å²) in [6.45, 7) is 6.58. The summed E-state index contributed by atoms with van der Waals surface area (Å²) in [6.07, 6.45) is 0. The Morgan fingerprint density at radius 2 is 1.40 bits per heavy atom. The van der Waals surface area contributed by atoms with Crippen LogP contribution in [-0.2, 0) is 0 Å². The Kier molecular flexibility index (Phi) is 3.27. The van der Waals surface area contributed by atoms with Gasteiger partial charge in [-0.25, -0.2) is 0 Å². The largest absolute Gasteiger partial charge is 0.252 e. The molecule has 2 aromatic carbocycles. The fourth-order valence-corrected chi connectivity index (χ4v) is 2.74. The average Bonchev–Trinajstić information content (AvgIpc) is 2.48. The molecule has 20 heavy (non-hydrogen) atoms. The van der Waals surface area contributed by atoms with Crippen molar-refractivity contribution >= 4 is 10.8 Å². The molecule has 0 spiro atoms. The predicted molar refractivity (Wildman–Crippen MR) is 86.0 cm³/mol. The van der Waals surface area contributed by atoms with Gasteiger partial charge in [0.05, 0.1) is 11.4 Å². The molecule has 3 aromatic rings. The average molecular weight is 261 g/mol. The van der Waals surface area contributed by atoms with Crippen LogP contribution in [0.2, 0.25) is 0 Å². The third-order valence-corrected chi connectivity index (χ3v) is 3.79. The van der Waals surface area contributed by atoms with Gasteiger partial charge in [0.2, 0.25) is 0 Å². The Bertz CT molecular complexity index is 742. The number of aryl methyl sites for hydroxylation is 1. The molecule has 0 amide bonds. The predicted octanol–water partition coefficient (Wildman–Crippen LogP) is 5.33. The van der Waals surface area contributed by atoms with Crippen LogP contribution < -0.4 is 0 Å². The maximum atomic E-state index is 4.97. The van der Waals surface area contributed by atoms with Gasteiger partial charge in [-0.2, -0.15) is 0 Å². The van der Waals surface area contributed by atoms with Crippen molar-refractivity contribution in [3.63, 3.8) is 0 Å². The monoisotopic (exact) mass is 261 g/mol. The molecule has 1 heteroatoms. The summed E-state index contributed by atoms with van der Waals surface area (Å²) in [7, 11) is 0. The third kappa shape index (κ3) is 2.09. The van der Waals surface area contributed by atoms with Crippen molar-refractivity contribution in [2.24, 2.45) is 0 Å². The minimum absolute atomic E-state index is 0.419. The van der Waals surface area contributed by atoms with E-state index in [2.05, 4.69) is 69.3 Å². The summed E-state index contributed by atoms with van der Waals surface area (Å²) in [5.74, 6) is 0.419. The highest BCUT2D eigenvalue weighted by Gasteiger charge is 2.13. The topological polar surface area (TPSA) is 12.9 Å². The first-order chi connectivity index (χ1) is 9.68. The third-order valence-electron chi connectivity index (χ3n) is 3.79. The molecule has 100 valence electrons. The highest BCUT2D eigenvalue weighted by Crippen LogP contribution is 2.32. The van der Waals surface area contributed by atoms with E-state index in [1.807, 2.05) is 6.07 Å². The van der Waals surface area contributed by atoms with E-state index in [1.54, 1.807) is 0 Å². The molecule has 0 unspecified atom stereocenters. The number of hydrogen-bond acceptors (Lipinski definition) is 1. The van der Waals surface area contributed by atoms with E-state index < -0.39 is 0 Å². The number of nitrogens with zero attached hydrogens (tertiary/aromatic N) is 1. The lowest BCUT2D eigenvalue weighted by Gasteiger charge is -2.15. The van der Waals surface area contributed by atoms with Crippen LogP contribution in [0.1, 0.15) is 31.0 Å². The van der Waals surface area contributed by atoms with Crippen molar-refractivity contribution in [1.29, 1.82) is 0 Å². The Morgan fingerprint density at radius 1 is 0.800 bits per heavy atom. The molecule has 1 heterocycles. The minimum atomic E-state index is 0.419. The van der Waals surface area contributed by atoms with Crippen molar-refractivity contribution < 1.29 is 0 Å². The molecular formula is C19H19N. The zero-order valence-electron chi connectivity index (χ0n) is 12.2. The molecule has 0 saturated heterocycles. The normalized spacial score (nSPS) is 11.2. The highest BCUT2D eigenvalue weighted by molar-refractivity contribution is 5.92. The highest BCUT2D eigenvalue weighted by atomic mass is 14.7. The number of fused-ring (bicyclic) bond motifs is 1. The Balaban J connectivity index is 2.37. The lowest BCUT2D eigenvalue weighted by Crippen LogP contribution is -1.99. The quantitative estimate of drug-likeness (QED) is 0.607. The molecule has 0 N–H and O–H groups in total. The second-order valence-corrected chi connectivity index (χ2v) is 5.54. The molecule has 0 fully saturated rings. The first kappa shape index (κ1) is 12.9. The first-order valence-corrected chi connectivity index (χ1v) is 7.13. The van der Waals surface area contributed by atoms with Gasteiger partial charge in [0.1, 0.15) is 0 Å². The van der Waals surface area contributed by atoms with E-state index in [1.165, 1.54) is 27.6 Å². The van der Waals surface area contributed by atoms with Crippen molar-refractivity contribution in [2.75, 3.05) is 0 Å². The van der Waals surface area contributed by atoms with E-state index in [0.717, 1.165) is 5.69 Å². The standard InChI is InChI=1S/C19H19N/c1-13(2)18-17-12-8-7-11-16(17)14(3)19(20-18)15-9-5-4-6-10-15/h4-13H,1-3H3. The van der Waals surface area contributed by atoms with E-state index in [9.17, 15) is 0 Å². The van der Waals surface area contributed by atoms with Crippen molar-refractivity contribution in [2.45, 2.75) is 26.7 Å². The van der Waals surface area contributed by atoms with Crippen LogP contribution in [0.25, 0.3) is 22.0 Å². The maximum absolute atomic E-state index is 4.97. The molecule has 0 bridgehead atoms. The smallest absolute Gasteiger partial charge is 0.0740 e. The molecule has 0 aliphatic rings. The van der Waals surface area contributed by atoms with Crippen LogP contribution in [0, 0.1) is 6.92 Å². The van der Waals surface area contributed by atoms with Gasteiger partial charge in [0.15, 0.2) is 0 Å². The van der Waals surface area contributed by atoms with Crippen LogP contribution in [0.3, 0.4) is 0 Å². The van der Waals surface area contributed by atoms with Crippen LogP contribution in [-0.4, -0.2) is 4.98 Å². The number of hydrogen-bond donors (Lipinski definition) is 0. The molecule has 0 aliphatic carbocycles. The van der Waals surface area contributed by atoms with Gasteiger partial charge in [-0.1, -0.05) is 68.4 Å². The van der Waals surface area contributed by atoms with Gasteiger partial charge in [-0.15, -0.1) is 0 Å². The van der Waals surface area contributed by atoms with E-state index in [4.69, 9.17) is 4.98 Å². The number of aromatic nitrogens is 1. The zero-order valence-corrected chi connectivity index (χ0v) is 12.2. The number of rotatable bonds is 2. The van der Waals surface area contributed by atoms with Crippen molar-refractivity contribution in [3.05, 3.63) is 65.9 Å². The second-order valence-electron chi connectivity index (χ2n) is 5.54. The summed E-state index contributed by atoms with van der Waals surface area (Å²) in [6, 6.07) is 19.0. The molecule has 3 rings (SSSR count). The molecule has 0 saturated carbocycles. The van der Waals surface area contributed by atoms with Gasteiger partial charge in [-0.05, 0) is 23.8 Å². The van der Waals surface area contributed by atoms with Gasteiger partial charge >= 0.3 is 0 Å². The van der Waals surface area contributed by atoms with E-state index >= 15 is 0 Å². The minimum Gasteiger partial charge on any atom is -0.252 e. The van der Waals surface area contributed by atoms with Gasteiger partial charge in [-0.3, -0.25) is 4.98 Å². The van der Waals surface area contributed by atoms with Gasteiger partial charge in [0.25, 0.3) is 0 Å². The second kappa shape index (κ2) is 5.09. The van der Waals surface area contributed by atoms with Crippen molar-refractivity contribution in [3.8, 4) is 11.3 Å². The maximum Gasteiger partial charge on any atom is 0.0740 e. The molecule has 0 radical (unpaired) electrons. The summed E-state index contributed by atoms with van der Waals surface area (Å²) in [5.41, 5.74) is 4.74. The van der Waals surface area contributed by atoms with Crippen LogP contribution in [0.5, 0.6) is 0 Å². The van der Waals surface area contributed by atoms with E-state index in [-0.39, 0.29) is 0 Å². The lowest BCUT2D eigenvalue weighted by atomic mass is 9.95. The Morgan fingerprint density at radius 3 is 2.05 bits per heavy atom. The SMILES string of the molecule is Cc1c(-c2ccccc2)nc(C(C)C)c2ccccc12. The Hall–Kier alpha value is -2.15. The molecule has 0 atom stereocenters. The van der Waals surface area contributed by atoms with Gasteiger partial charge < -0.3 is 0 Å². The van der Waals surface area contributed by atoms with Crippen LogP contribution in [0.15, 0.2) is 54.6 Å². The van der Waals surface area contributed by atoms with Crippen LogP contribution in [0.4, 0.5) is 0 Å². The molecule has 1 aromatic heterocycles. The molecule has 1 nitrogen and oxygen atoms in total. The molecular weight excluding hydrogens is 242 g/mol. The van der Waals surface area contributed by atoms with Gasteiger partial charge in [0, 0.05) is 10.9 Å².